The Bertz CT molecular complexity index is 435. The summed E-state index contributed by atoms with van der Waals surface area (Å²) in [4.78, 5) is 2.52. The van der Waals surface area contributed by atoms with Crippen molar-refractivity contribution in [2.75, 3.05) is 24.5 Å². The SMILES string of the molecule is CC(C)n1cc(N2CCCNC(C)(C3CC3)C2)cn1. The van der Waals surface area contributed by atoms with Crippen molar-refractivity contribution >= 4 is 5.69 Å². The summed E-state index contributed by atoms with van der Waals surface area (Å²) in [6.07, 6.45) is 8.22. The first kappa shape index (κ1) is 13.0. The maximum atomic E-state index is 4.48. The topological polar surface area (TPSA) is 33.1 Å². The smallest absolute Gasteiger partial charge is 0.0753 e. The second kappa shape index (κ2) is 4.82. The Morgan fingerprint density at radius 3 is 2.84 bits per heavy atom. The third-order valence-electron chi connectivity index (χ3n) is 4.61. The summed E-state index contributed by atoms with van der Waals surface area (Å²) in [5, 5.41) is 8.26. The van der Waals surface area contributed by atoms with E-state index in [1.807, 2.05) is 6.20 Å². The lowest BCUT2D eigenvalue weighted by molar-refractivity contribution is 0.331. The fraction of sp³-hybridized carbons (Fsp3) is 0.800. The van der Waals surface area contributed by atoms with Crippen molar-refractivity contribution in [3.63, 3.8) is 0 Å². The Morgan fingerprint density at radius 1 is 1.42 bits per heavy atom. The van der Waals surface area contributed by atoms with Gasteiger partial charge in [0.05, 0.1) is 11.9 Å². The van der Waals surface area contributed by atoms with Gasteiger partial charge in [0, 0.05) is 30.9 Å². The Kier molecular flexibility index (Phi) is 3.29. The molecule has 2 fully saturated rings. The molecule has 0 aromatic carbocycles. The van der Waals surface area contributed by atoms with E-state index in [9.17, 15) is 0 Å². The zero-order valence-corrected chi connectivity index (χ0v) is 12.4. The third-order valence-corrected chi connectivity index (χ3v) is 4.61. The molecular weight excluding hydrogens is 236 g/mol. The number of nitrogens with one attached hydrogen (secondary N) is 1. The quantitative estimate of drug-likeness (QED) is 0.908. The normalized spacial score (nSPS) is 28.7. The average Bonchev–Trinajstić information content (AvgIpc) is 3.14. The lowest BCUT2D eigenvalue weighted by atomic mass is 9.95. The standard InChI is InChI=1S/C15H26N4/c1-12(2)19-10-14(9-17-19)18-8-4-7-16-15(3,11-18)13-5-6-13/h9-10,12-13,16H,4-8,11H2,1-3H3. The highest BCUT2D eigenvalue weighted by Gasteiger charge is 2.43. The van der Waals surface area contributed by atoms with Crippen LogP contribution in [-0.2, 0) is 0 Å². The van der Waals surface area contributed by atoms with Gasteiger partial charge < -0.3 is 10.2 Å². The molecule has 1 aromatic rings. The third kappa shape index (κ3) is 2.64. The highest BCUT2D eigenvalue weighted by Crippen LogP contribution is 2.41. The maximum absolute atomic E-state index is 4.48. The van der Waals surface area contributed by atoms with E-state index in [4.69, 9.17) is 0 Å². The molecule has 19 heavy (non-hydrogen) atoms. The van der Waals surface area contributed by atoms with Gasteiger partial charge in [-0.05, 0) is 52.5 Å². The molecule has 4 heteroatoms. The highest BCUT2D eigenvalue weighted by molar-refractivity contribution is 5.43. The molecule has 1 aromatic heterocycles. The Labute approximate surface area is 116 Å². The van der Waals surface area contributed by atoms with E-state index in [1.165, 1.54) is 24.9 Å². The molecule has 0 spiro atoms. The van der Waals surface area contributed by atoms with Crippen molar-refractivity contribution in [3.8, 4) is 0 Å². The van der Waals surface area contributed by atoms with E-state index in [0.29, 0.717) is 6.04 Å². The summed E-state index contributed by atoms with van der Waals surface area (Å²) >= 11 is 0. The number of rotatable bonds is 3. The zero-order valence-electron chi connectivity index (χ0n) is 12.4. The van der Waals surface area contributed by atoms with E-state index in [-0.39, 0.29) is 5.54 Å². The molecule has 1 aliphatic carbocycles. The molecule has 1 atom stereocenters. The predicted octanol–water partition coefficient (Wildman–Crippen LogP) is 2.43. The second-order valence-electron chi connectivity index (χ2n) is 6.67. The summed E-state index contributed by atoms with van der Waals surface area (Å²) < 4.78 is 2.06. The Hall–Kier alpha value is -1.03. The molecule has 1 saturated heterocycles. The molecule has 106 valence electrons. The van der Waals surface area contributed by atoms with Crippen LogP contribution in [0.1, 0.15) is 46.1 Å². The molecule has 1 aliphatic heterocycles. The minimum absolute atomic E-state index is 0.288. The highest BCUT2D eigenvalue weighted by atomic mass is 15.3. The van der Waals surface area contributed by atoms with E-state index in [0.717, 1.165) is 25.6 Å². The van der Waals surface area contributed by atoms with Crippen LogP contribution in [-0.4, -0.2) is 35.0 Å². The fourth-order valence-electron chi connectivity index (χ4n) is 3.16. The van der Waals surface area contributed by atoms with Crippen molar-refractivity contribution < 1.29 is 0 Å². The molecule has 4 nitrogen and oxygen atoms in total. The first-order valence-electron chi connectivity index (χ1n) is 7.62. The fourth-order valence-corrected chi connectivity index (χ4v) is 3.16. The predicted molar refractivity (Wildman–Crippen MR) is 78.6 cm³/mol. The van der Waals surface area contributed by atoms with Crippen LogP contribution in [0.4, 0.5) is 5.69 Å². The van der Waals surface area contributed by atoms with Crippen LogP contribution in [0.5, 0.6) is 0 Å². The van der Waals surface area contributed by atoms with Crippen LogP contribution < -0.4 is 10.2 Å². The maximum Gasteiger partial charge on any atom is 0.0753 e. The second-order valence-corrected chi connectivity index (χ2v) is 6.67. The van der Waals surface area contributed by atoms with Crippen molar-refractivity contribution in [2.45, 2.75) is 51.6 Å². The lowest BCUT2D eigenvalue weighted by Crippen LogP contribution is -2.51. The van der Waals surface area contributed by atoms with Gasteiger partial charge in [-0.3, -0.25) is 4.68 Å². The van der Waals surface area contributed by atoms with Gasteiger partial charge in [-0.25, -0.2) is 0 Å². The molecule has 0 amide bonds. The molecule has 2 aliphatic rings. The summed E-state index contributed by atoms with van der Waals surface area (Å²) in [6.45, 7) is 10.1. The Morgan fingerprint density at radius 2 is 2.21 bits per heavy atom. The van der Waals surface area contributed by atoms with Crippen LogP contribution in [0.3, 0.4) is 0 Å². The van der Waals surface area contributed by atoms with E-state index in [1.54, 1.807) is 0 Å². The van der Waals surface area contributed by atoms with Crippen molar-refractivity contribution in [1.82, 2.24) is 15.1 Å². The average molecular weight is 262 g/mol. The van der Waals surface area contributed by atoms with Crippen LogP contribution in [0.2, 0.25) is 0 Å². The van der Waals surface area contributed by atoms with Crippen LogP contribution in [0.25, 0.3) is 0 Å². The van der Waals surface area contributed by atoms with E-state index >= 15 is 0 Å². The number of hydrogen-bond donors (Lipinski definition) is 1. The molecule has 1 unspecified atom stereocenters. The largest absolute Gasteiger partial charge is 0.367 e. The summed E-state index contributed by atoms with van der Waals surface area (Å²) in [5.74, 6) is 0.869. The lowest BCUT2D eigenvalue weighted by Gasteiger charge is -2.34. The summed E-state index contributed by atoms with van der Waals surface area (Å²) in [5.41, 5.74) is 1.57. The van der Waals surface area contributed by atoms with Crippen molar-refractivity contribution in [1.29, 1.82) is 0 Å². The molecule has 0 radical (unpaired) electrons. The molecule has 1 N–H and O–H groups in total. The van der Waals surface area contributed by atoms with Crippen LogP contribution in [0.15, 0.2) is 12.4 Å². The zero-order chi connectivity index (χ0) is 13.5. The number of hydrogen-bond acceptors (Lipinski definition) is 3. The minimum Gasteiger partial charge on any atom is -0.367 e. The van der Waals surface area contributed by atoms with Crippen LogP contribution >= 0.6 is 0 Å². The van der Waals surface area contributed by atoms with Gasteiger partial charge >= 0.3 is 0 Å². The van der Waals surface area contributed by atoms with E-state index in [2.05, 4.69) is 47.0 Å². The molecule has 0 bridgehead atoms. The van der Waals surface area contributed by atoms with Crippen molar-refractivity contribution in [3.05, 3.63) is 12.4 Å². The van der Waals surface area contributed by atoms with Gasteiger partial charge in [-0.15, -0.1) is 0 Å². The molecule has 2 heterocycles. The van der Waals surface area contributed by atoms with Gasteiger partial charge in [-0.2, -0.15) is 5.10 Å². The number of anilines is 1. The number of nitrogens with zero attached hydrogens (tertiary/aromatic N) is 3. The Balaban J connectivity index is 1.78. The van der Waals surface area contributed by atoms with E-state index < -0.39 is 0 Å². The minimum atomic E-state index is 0.288. The van der Waals surface area contributed by atoms with Gasteiger partial charge in [0.2, 0.25) is 0 Å². The molecular formula is C15H26N4. The van der Waals surface area contributed by atoms with Gasteiger partial charge in [0.25, 0.3) is 0 Å². The van der Waals surface area contributed by atoms with Gasteiger partial charge in [0.1, 0.15) is 0 Å². The number of aromatic nitrogens is 2. The summed E-state index contributed by atoms with van der Waals surface area (Å²) in [7, 11) is 0. The first-order chi connectivity index (χ1) is 9.08. The van der Waals surface area contributed by atoms with Crippen molar-refractivity contribution in [2.24, 2.45) is 5.92 Å². The van der Waals surface area contributed by atoms with Gasteiger partial charge in [-0.1, -0.05) is 0 Å². The molecule has 3 rings (SSSR count). The summed E-state index contributed by atoms with van der Waals surface area (Å²) in [6, 6.07) is 0.439. The van der Waals surface area contributed by atoms with Crippen LogP contribution in [0, 0.1) is 5.92 Å². The first-order valence-corrected chi connectivity index (χ1v) is 7.62. The molecule has 1 saturated carbocycles. The van der Waals surface area contributed by atoms with Gasteiger partial charge in [0.15, 0.2) is 0 Å². The monoisotopic (exact) mass is 262 g/mol.